The van der Waals surface area contributed by atoms with Gasteiger partial charge in [0.15, 0.2) is 5.78 Å². The van der Waals surface area contributed by atoms with Crippen molar-refractivity contribution in [1.29, 1.82) is 0 Å². The molecule has 63 heavy (non-hydrogen) atoms. The molecule has 4 N–H and O–H groups in total. The molecule has 7 unspecified atom stereocenters. The number of carbonyl (C=O) groups excluding carboxylic acids is 4. The second kappa shape index (κ2) is 14.9. The highest BCUT2D eigenvalue weighted by atomic mass is 35.5. The van der Waals surface area contributed by atoms with Crippen LogP contribution in [0.3, 0.4) is 0 Å². The van der Waals surface area contributed by atoms with Crippen molar-refractivity contribution in [1.82, 2.24) is 15.5 Å². The van der Waals surface area contributed by atoms with Crippen LogP contribution in [0.25, 0.3) is 6.08 Å². The molecule has 9 nitrogen and oxygen atoms in total. The van der Waals surface area contributed by atoms with E-state index in [0.29, 0.717) is 50.1 Å². The van der Waals surface area contributed by atoms with Crippen molar-refractivity contribution in [2.45, 2.75) is 35.5 Å². The Morgan fingerprint density at radius 2 is 1.19 bits per heavy atom. The molecule has 7 atom stereocenters. The second-order valence-corrected chi connectivity index (χ2v) is 18.1. The van der Waals surface area contributed by atoms with Gasteiger partial charge in [-0.3, -0.25) is 29.8 Å². The molecule has 0 aliphatic carbocycles. The molecule has 0 aromatic heterocycles. The molecule has 6 aromatic rings. The highest BCUT2D eigenvalue weighted by Gasteiger charge is 2.76. The molecular formula is C52H41Cl2N5O4. The third kappa shape index (κ3) is 5.83. The van der Waals surface area contributed by atoms with E-state index in [1.807, 2.05) is 140 Å². The largest absolute Gasteiger partial charge is 0.337 e. The number of rotatable bonds is 5. The summed E-state index contributed by atoms with van der Waals surface area (Å²) in [6, 6.07) is 48.3. The maximum absolute atomic E-state index is 16.4. The fourth-order valence-corrected chi connectivity index (χ4v) is 11.7. The van der Waals surface area contributed by atoms with E-state index in [1.54, 1.807) is 29.2 Å². The Balaban J connectivity index is 1.16. The van der Waals surface area contributed by atoms with E-state index < -0.39 is 34.4 Å². The molecule has 11 heteroatoms. The van der Waals surface area contributed by atoms with E-state index >= 15 is 14.4 Å². The first-order valence-corrected chi connectivity index (χ1v) is 21.9. The van der Waals surface area contributed by atoms with Crippen LogP contribution in [-0.2, 0) is 30.3 Å². The van der Waals surface area contributed by atoms with Gasteiger partial charge >= 0.3 is 0 Å². The van der Waals surface area contributed by atoms with Crippen LogP contribution >= 0.6 is 23.2 Å². The van der Waals surface area contributed by atoms with E-state index in [1.165, 1.54) is 0 Å². The molecule has 5 aliphatic heterocycles. The van der Waals surface area contributed by atoms with Crippen LogP contribution in [0.15, 0.2) is 163 Å². The first-order valence-electron chi connectivity index (χ1n) is 21.2. The molecule has 5 aliphatic rings. The lowest BCUT2D eigenvalue weighted by molar-refractivity contribution is -0.151. The Morgan fingerprint density at radius 1 is 0.619 bits per heavy atom. The van der Waals surface area contributed by atoms with Gasteiger partial charge in [0, 0.05) is 69.2 Å². The maximum Gasteiger partial charge on any atom is 0.250 e. The Bertz CT molecular complexity index is 2870. The highest BCUT2D eigenvalue weighted by Crippen LogP contribution is 2.66. The van der Waals surface area contributed by atoms with Crippen molar-refractivity contribution in [3.8, 4) is 0 Å². The Labute approximate surface area is 374 Å². The van der Waals surface area contributed by atoms with Gasteiger partial charge in [0.25, 0.3) is 5.91 Å². The van der Waals surface area contributed by atoms with Crippen LogP contribution in [0.5, 0.6) is 0 Å². The fraction of sp³-hybridized carbons (Fsp3) is 0.192. The van der Waals surface area contributed by atoms with E-state index in [-0.39, 0.29) is 42.6 Å². The number of Topliss-reactive ketones (excluding diaryl/α,β-unsaturated/α-hetero) is 1. The van der Waals surface area contributed by atoms with Crippen molar-refractivity contribution < 1.29 is 19.2 Å². The van der Waals surface area contributed by atoms with Gasteiger partial charge in [-0.15, -0.1) is 0 Å². The minimum Gasteiger partial charge on any atom is -0.337 e. The number of piperidine rings is 1. The number of halogens is 2. The molecule has 3 fully saturated rings. The van der Waals surface area contributed by atoms with Crippen molar-refractivity contribution >= 4 is 64.2 Å². The molecule has 0 saturated carbocycles. The lowest BCUT2D eigenvalue weighted by Crippen LogP contribution is -2.67. The summed E-state index contributed by atoms with van der Waals surface area (Å²) >= 11 is 12.9. The highest BCUT2D eigenvalue weighted by molar-refractivity contribution is 6.31. The number of hydrogen-bond donors (Lipinski definition) is 4. The first kappa shape index (κ1) is 39.5. The van der Waals surface area contributed by atoms with Crippen LogP contribution < -0.4 is 21.3 Å². The number of fused-ring (bicyclic) bond motifs is 5. The van der Waals surface area contributed by atoms with Crippen LogP contribution in [-0.4, -0.2) is 41.5 Å². The van der Waals surface area contributed by atoms with Gasteiger partial charge in [-0.1, -0.05) is 145 Å². The second-order valence-electron chi connectivity index (χ2n) is 17.2. The van der Waals surface area contributed by atoms with Gasteiger partial charge in [-0.2, -0.15) is 0 Å². The zero-order chi connectivity index (χ0) is 43.1. The van der Waals surface area contributed by atoms with Crippen molar-refractivity contribution in [2.24, 2.45) is 11.3 Å². The third-order valence-corrected chi connectivity index (χ3v) is 14.6. The third-order valence-electron chi connectivity index (χ3n) is 14.1. The Hall–Kier alpha value is -6.36. The van der Waals surface area contributed by atoms with Gasteiger partial charge < -0.3 is 15.5 Å². The number of hydrogen-bond acceptors (Lipinski definition) is 6. The summed E-state index contributed by atoms with van der Waals surface area (Å²) in [6.07, 6.45) is 2.12. The molecule has 3 amide bonds. The number of anilines is 2. The molecule has 11 rings (SSSR count). The van der Waals surface area contributed by atoms with Crippen molar-refractivity contribution in [3.05, 3.63) is 207 Å². The van der Waals surface area contributed by atoms with Crippen LogP contribution in [0.1, 0.15) is 57.8 Å². The smallest absolute Gasteiger partial charge is 0.250 e. The first-order chi connectivity index (χ1) is 30.6. The van der Waals surface area contributed by atoms with Crippen LogP contribution in [0, 0.1) is 11.3 Å². The molecule has 6 aromatic carbocycles. The van der Waals surface area contributed by atoms with Crippen LogP contribution in [0.4, 0.5) is 11.4 Å². The summed E-state index contributed by atoms with van der Waals surface area (Å²) in [6.45, 7) is -0.198. The fourth-order valence-electron chi connectivity index (χ4n) is 11.5. The zero-order valence-electron chi connectivity index (χ0n) is 33.9. The Kier molecular flexibility index (Phi) is 9.33. The van der Waals surface area contributed by atoms with Crippen molar-refractivity contribution in [3.63, 3.8) is 0 Å². The molecule has 3 spiro atoms. The summed E-state index contributed by atoms with van der Waals surface area (Å²) in [5.74, 6) is -2.88. The SMILES string of the molecule is O=C(C1CC(c2ccccc2)NC12C(=O)Nc1ccccc12)N1C/C(=C\c2ccc(Cl)cc2)C(=O)C2(C1)C(c1ccc(Cl)cc1)C(c1ccccc1)NC21C(=O)Nc2ccccc21. The number of para-hydroxylation sites is 2. The van der Waals surface area contributed by atoms with E-state index in [2.05, 4.69) is 21.3 Å². The van der Waals surface area contributed by atoms with E-state index in [0.717, 1.165) is 16.7 Å². The quantitative estimate of drug-likeness (QED) is 0.129. The molecule has 312 valence electrons. The van der Waals surface area contributed by atoms with Gasteiger partial charge in [0.1, 0.15) is 11.1 Å². The number of ketones is 1. The number of nitrogens with one attached hydrogen (secondary N) is 4. The zero-order valence-corrected chi connectivity index (χ0v) is 35.4. The summed E-state index contributed by atoms with van der Waals surface area (Å²) in [5.41, 5.74) is 1.44. The van der Waals surface area contributed by atoms with Gasteiger partial charge in [0.05, 0.1) is 11.3 Å². The summed E-state index contributed by atoms with van der Waals surface area (Å²) in [7, 11) is 0. The number of amides is 3. The van der Waals surface area contributed by atoms with Gasteiger partial charge in [-0.25, -0.2) is 0 Å². The maximum atomic E-state index is 16.4. The summed E-state index contributed by atoms with van der Waals surface area (Å²) in [5, 5.41) is 14.8. The van der Waals surface area contributed by atoms with E-state index in [4.69, 9.17) is 23.2 Å². The molecule has 5 heterocycles. The lowest BCUT2D eigenvalue weighted by Gasteiger charge is -2.51. The average molecular weight is 871 g/mol. The number of carbonyl (C=O) groups is 4. The molecular weight excluding hydrogens is 830 g/mol. The topological polar surface area (TPSA) is 120 Å². The number of nitrogens with zero attached hydrogens (tertiary/aromatic N) is 1. The minimum absolute atomic E-state index is 0.0589. The monoisotopic (exact) mass is 869 g/mol. The lowest BCUT2D eigenvalue weighted by atomic mass is 9.55. The Morgan fingerprint density at radius 3 is 1.87 bits per heavy atom. The van der Waals surface area contributed by atoms with Gasteiger partial charge in [-0.05, 0) is 71.1 Å². The van der Waals surface area contributed by atoms with Crippen molar-refractivity contribution in [2.75, 3.05) is 23.7 Å². The minimum atomic E-state index is -1.67. The predicted octanol–water partition coefficient (Wildman–Crippen LogP) is 8.95. The standard InChI is InChI=1S/C52H41Cl2N5O4/c53-36-23-19-31(20-24-36)27-35-29-59(47(61)40-28-43(32-11-3-1-4-12-32)57-51(40)38-15-7-9-17-41(38)55-48(51)62)30-50(46(35)60)44(33-21-25-37(54)26-22-33)45(34-13-5-2-6-14-34)58-52(50)39-16-8-10-18-42(39)56-49(52)63/h1-27,40,43-45,57-58H,28-30H2,(H,55,62)(H,56,63)/b35-27+. The van der Waals surface area contributed by atoms with Crippen LogP contribution in [0.2, 0.25) is 10.0 Å². The predicted molar refractivity (Wildman–Crippen MR) is 244 cm³/mol. The van der Waals surface area contributed by atoms with Gasteiger partial charge in [0.2, 0.25) is 11.8 Å². The number of likely N-dealkylation sites (tertiary alicyclic amines) is 1. The normalized spacial score (nSPS) is 28.8. The molecule has 3 saturated heterocycles. The van der Waals surface area contributed by atoms with E-state index in [9.17, 15) is 4.79 Å². The summed E-state index contributed by atoms with van der Waals surface area (Å²) < 4.78 is 0. The molecule has 0 radical (unpaired) electrons. The number of benzene rings is 6. The average Bonchev–Trinajstić information content (AvgIpc) is 4.03. The molecule has 0 bridgehead atoms. The summed E-state index contributed by atoms with van der Waals surface area (Å²) in [4.78, 5) is 64.3.